The van der Waals surface area contributed by atoms with E-state index in [1.807, 2.05) is 24.3 Å². The van der Waals surface area contributed by atoms with Gasteiger partial charge in [0.25, 0.3) is 0 Å². The molecule has 3 aromatic rings. The lowest BCUT2D eigenvalue weighted by atomic mass is 10.1. The van der Waals surface area contributed by atoms with E-state index in [9.17, 15) is 4.79 Å². The maximum absolute atomic E-state index is 12.0. The summed E-state index contributed by atoms with van der Waals surface area (Å²) < 4.78 is 5.21. The van der Waals surface area contributed by atoms with Crippen LogP contribution in [0, 0.1) is 0 Å². The summed E-state index contributed by atoms with van der Waals surface area (Å²) in [5.41, 5.74) is 0.363. The minimum Gasteiger partial charge on any atom is -0.461 e. The van der Waals surface area contributed by atoms with E-state index in [0.29, 0.717) is 12.3 Å². The molecule has 0 saturated heterocycles. The zero-order valence-electron chi connectivity index (χ0n) is 13.6. The lowest BCUT2D eigenvalue weighted by Gasteiger charge is -2.06. The molecular formula is C20H19NO2S. The van der Waals surface area contributed by atoms with Crippen LogP contribution in [0.1, 0.15) is 30.3 Å². The highest BCUT2D eigenvalue weighted by molar-refractivity contribution is 7.99. The van der Waals surface area contributed by atoms with E-state index in [1.165, 1.54) is 4.90 Å². The van der Waals surface area contributed by atoms with Gasteiger partial charge in [-0.3, -0.25) is 0 Å². The average Bonchev–Trinajstić information content (AvgIpc) is 2.62. The van der Waals surface area contributed by atoms with E-state index < -0.39 is 0 Å². The van der Waals surface area contributed by atoms with Crippen molar-refractivity contribution in [3.05, 3.63) is 66.5 Å². The Morgan fingerprint density at radius 2 is 1.88 bits per heavy atom. The van der Waals surface area contributed by atoms with Gasteiger partial charge in [0.05, 0.1) is 6.61 Å². The quantitative estimate of drug-likeness (QED) is 0.449. The van der Waals surface area contributed by atoms with Gasteiger partial charge in [0.15, 0.2) is 0 Å². The molecule has 0 radical (unpaired) electrons. The molecule has 0 unspecified atom stereocenters. The fraction of sp³-hybridized carbons (Fsp3) is 0.200. The second-order valence-electron chi connectivity index (χ2n) is 5.48. The molecule has 0 aliphatic carbocycles. The SMILES string of the molecule is CCCCOC(=O)c1cc2ccc(Sc3ccccc3)cc2cn1. The average molecular weight is 337 g/mol. The first-order valence-corrected chi connectivity index (χ1v) is 8.88. The summed E-state index contributed by atoms with van der Waals surface area (Å²) in [5.74, 6) is -0.354. The van der Waals surface area contributed by atoms with E-state index in [-0.39, 0.29) is 5.97 Å². The molecule has 3 rings (SSSR count). The Bertz CT molecular complexity index is 833. The molecule has 0 aliphatic heterocycles. The number of unbranched alkanes of at least 4 members (excludes halogenated alkanes) is 1. The first-order chi connectivity index (χ1) is 11.8. The second-order valence-corrected chi connectivity index (χ2v) is 6.63. The van der Waals surface area contributed by atoms with Gasteiger partial charge in [-0.15, -0.1) is 0 Å². The standard InChI is InChI=1S/C20H19NO2S/c1-2-3-11-23-20(22)19-13-15-9-10-18(12-16(15)14-21-19)24-17-7-5-4-6-8-17/h4-10,12-14H,2-3,11H2,1H3. The number of benzene rings is 2. The monoisotopic (exact) mass is 337 g/mol. The van der Waals surface area contributed by atoms with Crippen LogP contribution >= 0.6 is 11.8 Å². The van der Waals surface area contributed by atoms with Crippen LogP contribution in [0.2, 0.25) is 0 Å². The number of carbonyl (C=O) groups excluding carboxylic acids is 1. The van der Waals surface area contributed by atoms with Crippen LogP contribution in [0.25, 0.3) is 10.8 Å². The maximum atomic E-state index is 12.0. The van der Waals surface area contributed by atoms with Crippen LogP contribution in [0.4, 0.5) is 0 Å². The molecule has 0 bridgehead atoms. The van der Waals surface area contributed by atoms with Crippen molar-refractivity contribution in [2.75, 3.05) is 6.61 Å². The predicted molar refractivity (Wildman–Crippen MR) is 97.5 cm³/mol. The van der Waals surface area contributed by atoms with Crippen molar-refractivity contribution in [1.82, 2.24) is 4.98 Å². The minimum absolute atomic E-state index is 0.354. The molecule has 0 spiro atoms. The highest BCUT2D eigenvalue weighted by atomic mass is 32.2. The van der Waals surface area contributed by atoms with Gasteiger partial charge in [0.2, 0.25) is 0 Å². The zero-order valence-corrected chi connectivity index (χ0v) is 14.4. The first kappa shape index (κ1) is 16.5. The van der Waals surface area contributed by atoms with Crippen LogP contribution in [0.15, 0.2) is 70.6 Å². The van der Waals surface area contributed by atoms with E-state index in [2.05, 4.69) is 36.2 Å². The highest BCUT2D eigenvalue weighted by Gasteiger charge is 2.10. The Morgan fingerprint density at radius 3 is 2.67 bits per heavy atom. The molecule has 0 N–H and O–H groups in total. The summed E-state index contributed by atoms with van der Waals surface area (Å²) >= 11 is 1.71. The third-order valence-electron chi connectivity index (χ3n) is 3.61. The van der Waals surface area contributed by atoms with Gasteiger partial charge in [-0.1, -0.05) is 49.4 Å². The Kier molecular flexibility index (Phi) is 5.49. The minimum atomic E-state index is -0.354. The van der Waals surface area contributed by atoms with Gasteiger partial charge in [0.1, 0.15) is 5.69 Å². The summed E-state index contributed by atoms with van der Waals surface area (Å²) in [4.78, 5) is 18.6. The fourth-order valence-electron chi connectivity index (χ4n) is 2.30. The van der Waals surface area contributed by atoms with Gasteiger partial charge >= 0.3 is 5.97 Å². The van der Waals surface area contributed by atoms with Gasteiger partial charge in [0, 0.05) is 21.4 Å². The predicted octanol–water partition coefficient (Wildman–Crippen LogP) is 5.34. The molecule has 0 atom stereocenters. The lowest BCUT2D eigenvalue weighted by Crippen LogP contribution is -2.08. The molecule has 4 heteroatoms. The number of esters is 1. The van der Waals surface area contributed by atoms with Gasteiger partial charge in [-0.25, -0.2) is 9.78 Å². The Balaban J connectivity index is 1.77. The molecule has 0 saturated carbocycles. The largest absolute Gasteiger partial charge is 0.461 e. The zero-order chi connectivity index (χ0) is 16.8. The topological polar surface area (TPSA) is 39.2 Å². The van der Waals surface area contributed by atoms with Gasteiger partial charge in [-0.2, -0.15) is 0 Å². The Hall–Kier alpha value is -2.33. The van der Waals surface area contributed by atoms with Crippen molar-refractivity contribution in [2.24, 2.45) is 0 Å². The Labute approximate surface area is 146 Å². The van der Waals surface area contributed by atoms with Gasteiger partial charge in [-0.05, 0) is 42.1 Å². The lowest BCUT2D eigenvalue weighted by molar-refractivity contribution is 0.0493. The molecule has 0 amide bonds. The number of ether oxygens (including phenoxy) is 1. The van der Waals surface area contributed by atoms with E-state index in [4.69, 9.17) is 4.74 Å². The van der Waals surface area contributed by atoms with Crippen LogP contribution in [0.5, 0.6) is 0 Å². The molecule has 24 heavy (non-hydrogen) atoms. The first-order valence-electron chi connectivity index (χ1n) is 8.06. The van der Waals surface area contributed by atoms with E-state index in [1.54, 1.807) is 24.0 Å². The van der Waals surface area contributed by atoms with Crippen molar-refractivity contribution >= 4 is 28.5 Å². The number of pyridine rings is 1. The molecule has 122 valence electrons. The number of hydrogen-bond acceptors (Lipinski definition) is 4. The van der Waals surface area contributed by atoms with Crippen molar-refractivity contribution in [3.8, 4) is 0 Å². The molecule has 0 fully saturated rings. The Morgan fingerprint density at radius 1 is 1.04 bits per heavy atom. The fourth-order valence-corrected chi connectivity index (χ4v) is 3.19. The third-order valence-corrected chi connectivity index (χ3v) is 4.61. The number of nitrogens with zero attached hydrogens (tertiary/aromatic N) is 1. The highest BCUT2D eigenvalue weighted by Crippen LogP contribution is 2.29. The summed E-state index contributed by atoms with van der Waals surface area (Å²) in [5, 5.41) is 2.01. The van der Waals surface area contributed by atoms with E-state index in [0.717, 1.165) is 28.5 Å². The summed E-state index contributed by atoms with van der Waals surface area (Å²) in [7, 11) is 0. The van der Waals surface area contributed by atoms with Gasteiger partial charge < -0.3 is 4.74 Å². The van der Waals surface area contributed by atoms with Crippen LogP contribution in [-0.4, -0.2) is 17.6 Å². The smallest absolute Gasteiger partial charge is 0.356 e. The molecule has 1 heterocycles. The molecule has 3 nitrogen and oxygen atoms in total. The summed E-state index contributed by atoms with van der Waals surface area (Å²) in [6, 6.07) is 18.2. The number of fused-ring (bicyclic) bond motifs is 1. The van der Waals surface area contributed by atoms with Crippen molar-refractivity contribution in [1.29, 1.82) is 0 Å². The molecule has 1 aromatic heterocycles. The van der Waals surface area contributed by atoms with Crippen molar-refractivity contribution in [3.63, 3.8) is 0 Å². The number of rotatable bonds is 6. The maximum Gasteiger partial charge on any atom is 0.356 e. The number of hydrogen-bond donors (Lipinski definition) is 0. The van der Waals surface area contributed by atoms with Crippen LogP contribution < -0.4 is 0 Å². The normalized spacial score (nSPS) is 10.7. The molecule has 0 aliphatic rings. The summed E-state index contributed by atoms with van der Waals surface area (Å²) in [6.07, 6.45) is 3.61. The van der Waals surface area contributed by atoms with Crippen molar-refractivity contribution < 1.29 is 9.53 Å². The van der Waals surface area contributed by atoms with Crippen LogP contribution in [0.3, 0.4) is 0 Å². The number of carbonyl (C=O) groups is 1. The van der Waals surface area contributed by atoms with E-state index >= 15 is 0 Å². The molecule has 2 aromatic carbocycles. The third kappa shape index (κ3) is 4.15. The number of aromatic nitrogens is 1. The second kappa shape index (κ2) is 7.97. The van der Waals surface area contributed by atoms with Crippen LogP contribution in [-0.2, 0) is 4.74 Å². The summed E-state index contributed by atoms with van der Waals surface area (Å²) in [6.45, 7) is 2.51. The molecular weight excluding hydrogens is 318 g/mol. The van der Waals surface area contributed by atoms with Crippen molar-refractivity contribution in [2.45, 2.75) is 29.6 Å².